The Balaban J connectivity index is 2.26. The lowest BCUT2D eigenvalue weighted by atomic mass is 10.1. The summed E-state index contributed by atoms with van der Waals surface area (Å²) in [6.07, 6.45) is 0. The Hall–Kier alpha value is -1.79. The first-order chi connectivity index (χ1) is 7.22. The van der Waals surface area contributed by atoms with Crippen LogP contribution in [-0.2, 0) is 4.79 Å². The highest BCUT2D eigenvalue weighted by Gasteiger charge is 2.19. The molecule has 2 rings (SSSR count). The lowest BCUT2D eigenvalue weighted by Crippen LogP contribution is -2.38. The molecule has 6 nitrogen and oxygen atoms in total. The van der Waals surface area contributed by atoms with Gasteiger partial charge in [0.1, 0.15) is 6.04 Å². The summed E-state index contributed by atoms with van der Waals surface area (Å²) < 4.78 is 10.3. The van der Waals surface area contributed by atoms with Crippen molar-refractivity contribution in [2.75, 3.05) is 6.79 Å². The summed E-state index contributed by atoms with van der Waals surface area (Å²) in [5.41, 5.74) is 8.28. The Morgan fingerprint density at radius 2 is 2.13 bits per heavy atom. The van der Waals surface area contributed by atoms with Crippen molar-refractivity contribution >= 4 is 5.91 Å². The Morgan fingerprint density at radius 1 is 1.40 bits per heavy atom. The molecular formula is C9H11N3O3. The Bertz CT molecular complexity index is 394. The molecule has 1 aliphatic heterocycles. The molecule has 0 aromatic heterocycles. The fourth-order valence-corrected chi connectivity index (χ4v) is 1.35. The molecule has 0 saturated heterocycles. The molecule has 1 aliphatic rings. The van der Waals surface area contributed by atoms with Gasteiger partial charge in [-0.25, -0.2) is 5.84 Å². The monoisotopic (exact) mass is 209 g/mol. The van der Waals surface area contributed by atoms with Gasteiger partial charge < -0.3 is 15.2 Å². The molecule has 0 spiro atoms. The summed E-state index contributed by atoms with van der Waals surface area (Å²) in [7, 11) is 0. The van der Waals surface area contributed by atoms with Crippen molar-refractivity contribution < 1.29 is 14.3 Å². The van der Waals surface area contributed by atoms with E-state index in [-0.39, 0.29) is 6.79 Å². The first kappa shape index (κ1) is 9.75. The molecule has 5 N–H and O–H groups in total. The Morgan fingerprint density at radius 3 is 2.87 bits per heavy atom. The minimum absolute atomic E-state index is 0.192. The van der Waals surface area contributed by atoms with Gasteiger partial charge in [0.2, 0.25) is 6.79 Å². The van der Waals surface area contributed by atoms with Gasteiger partial charge in [-0.1, -0.05) is 6.07 Å². The predicted octanol–water partition coefficient (Wildman–Crippen LogP) is -0.595. The fraction of sp³-hybridized carbons (Fsp3) is 0.222. The van der Waals surface area contributed by atoms with Crippen LogP contribution in [0.15, 0.2) is 18.2 Å². The van der Waals surface area contributed by atoms with E-state index in [1.807, 2.05) is 5.43 Å². The molecule has 80 valence electrons. The van der Waals surface area contributed by atoms with Gasteiger partial charge in [0.15, 0.2) is 11.5 Å². The lowest BCUT2D eigenvalue weighted by molar-refractivity contribution is -0.122. The minimum atomic E-state index is -0.801. The number of nitrogens with two attached hydrogens (primary N) is 2. The topological polar surface area (TPSA) is 99.6 Å². The summed E-state index contributed by atoms with van der Waals surface area (Å²) in [5, 5.41) is 0. The summed E-state index contributed by atoms with van der Waals surface area (Å²) in [5.74, 6) is 5.78. The van der Waals surface area contributed by atoms with Crippen molar-refractivity contribution in [2.45, 2.75) is 6.04 Å². The van der Waals surface area contributed by atoms with E-state index >= 15 is 0 Å². The average Bonchev–Trinajstić information content (AvgIpc) is 2.73. The number of hydrogen-bond acceptors (Lipinski definition) is 5. The number of fused-ring (bicyclic) bond motifs is 1. The number of nitrogens with one attached hydrogen (secondary N) is 1. The quantitative estimate of drug-likeness (QED) is 0.343. The second-order valence-corrected chi connectivity index (χ2v) is 3.10. The summed E-state index contributed by atoms with van der Waals surface area (Å²) in [6.45, 7) is 0.192. The highest BCUT2D eigenvalue weighted by Crippen LogP contribution is 2.33. The normalized spacial score (nSPS) is 14.8. The van der Waals surface area contributed by atoms with Crippen molar-refractivity contribution in [3.8, 4) is 11.5 Å². The molecule has 15 heavy (non-hydrogen) atoms. The van der Waals surface area contributed by atoms with E-state index in [0.29, 0.717) is 17.1 Å². The van der Waals surface area contributed by atoms with Gasteiger partial charge in [-0.15, -0.1) is 0 Å². The van der Waals surface area contributed by atoms with Gasteiger partial charge >= 0.3 is 0 Å². The third-order valence-corrected chi connectivity index (χ3v) is 2.18. The molecule has 0 saturated carbocycles. The lowest BCUT2D eigenvalue weighted by Gasteiger charge is -2.10. The van der Waals surface area contributed by atoms with Crippen LogP contribution in [-0.4, -0.2) is 12.7 Å². The molecule has 1 aromatic carbocycles. The van der Waals surface area contributed by atoms with Crippen LogP contribution in [0.5, 0.6) is 11.5 Å². The maximum absolute atomic E-state index is 11.2. The largest absolute Gasteiger partial charge is 0.454 e. The molecule has 0 aliphatic carbocycles. The molecule has 1 aromatic rings. The zero-order chi connectivity index (χ0) is 10.8. The van der Waals surface area contributed by atoms with Crippen molar-refractivity contribution in [1.29, 1.82) is 0 Å². The van der Waals surface area contributed by atoms with Crippen LogP contribution in [0.3, 0.4) is 0 Å². The number of amides is 1. The minimum Gasteiger partial charge on any atom is -0.454 e. The molecule has 6 heteroatoms. The van der Waals surface area contributed by atoms with Crippen molar-refractivity contribution in [2.24, 2.45) is 11.6 Å². The number of ether oxygens (including phenoxy) is 2. The van der Waals surface area contributed by atoms with Gasteiger partial charge in [-0.05, 0) is 17.7 Å². The highest BCUT2D eigenvalue weighted by atomic mass is 16.7. The van der Waals surface area contributed by atoms with Crippen LogP contribution in [0.4, 0.5) is 0 Å². The molecule has 1 amide bonds. The van der Waals surface area contributed by atoms with E-state index in [9.17, 15) is 4.79 Å². The summed E-state index contributed by atoms with van der Waals surface area (Å²) in [6, 6.07) is 4.28. The smallest absolute Gasteiger partial charge is 0.255 e. The zero-order valence-electron chi connectivity index (χ0n) is 7.90. The van der Waals surface area contributed by atoms with Crippen molar-refractivity contribution in [1.82, 2.24) is 5.43 Å². The van der Waals surface area contributed by atoms with Gasteiger partial charge in [0.25, 0.3) is 5.91 Å². The van der Waals surface area contributed by atoms with E-state index < -0.39 is 11.9 Å². The maximum Gasteiger partial charge on any atom is 0.255 e. The SMILES string of the molecule is NNC(=O)C(N)c1ccc2c(c1)OCO2. The third kappa shape index (κ3) is 1.72. The van der Waals surface area contributed by atoms with Gasteiger partial charge in [0, 0.05) is 0 Å². The predicted molar refractivity (Wildman–Crippen MR) is 51.8 cm³/mol. The van der Waals surface area contributed by atoms with Crippen LogP contribution in [0.2, 0.25) is 0 Å². The molecule has 0 bridgehead atoms. The van der Waals surface area contributed by atoms with Crippen LogP contribution >= 0.6 is 0 Å². The van der Waals surface area contributed by atoms with E-state index in [0.717, 1.165) is 0 Å². The number of hydrazine groups is 1. The number of hydrogen-bond donors (Lipinski definition) is 3. The fourth-order valence-electron chi connectivity index (χ4n) is 1.35. The second kappa shape index (κ2) is 3.76. The summed E-state index contributed by atoms with van der Waals surface area (Å²) >= 11 is 0. The number of carbonyl (C=O) groups is 1. The first-order valence-corrected chi connectivity index (χ1v) is 4.38. The van der Waals surface area contributed by atoms with E-state index in [1.54, 1.807) is 18.2 Å². The zero-order valence-corrected chi connectivity index (χ0v) is 7.90. The number of carbonyl (C=O) groups excluding carboxylic acids is 1. The highest BCUT2D eigenvalue weighted by molar-refractivity contribution is 5.82. The molecule has 0 radical (unpaired) electrons. The molecular weight excluding hydrogens is 198 g/mol. The van der Waals surface area contributed by atoms with Crippen LogP contribution in [0.1, 0.15) is 11.6 Å². The summed E-state index contributed by atoms with van der Waals surface area (Å²) in [4.78, 5) is 11.2. The van der Waals surface area contributed by atoms with Gasteiger partial charge in [0.05, 0.1) is 0 Å². The van der Waals surface area contributed by atoms with Gasteiger partial charge in [-0.2, -0.15) is 0 Å². The van der Waals surface area contributed by atoms with Crippen molar-refractivity contribution in [3.05, 3.63) is 23.8 Å². The van der Waals surface area contributed by atoms with Crippen LogP contribution < -0.4 is 26.5 Å². The molecule has 0 fully saturated rings. The Kier molecular flexibility index (Phi) is 2.44. The van der Waals surface area contributed by atoms with Crippen LogP contribution in [0, 0.1) is 0 Å². The first-order valence-electron chi connectivity index (χ1n) is 4.38. The van der Waals surface area contributed by atoms with E-state index in [4.69, 9.17) is 21.1 Å². The maximum atomic E-state index is 11.2. The molecule has 1 atom stereocenters. The standard InChI is InChI=1S/C9H11N3O3/c10-8(9(13)12-11)5-1-2-6-7(3-5)15-4-14-6/h1-3,8H,4,10-11H2,(H,12,13). The second-order valence-electron chi connectivity index (χ2n) is 3.10. The number of benzene rings is 1. The average molecular weight is 209 g/mol. The van der Waals surface area contributed by atoms with Gasteiger partial charge in [-0.3, -0.25) is 10.2 Å². The molecule has 1 heterocycles. The van der Waals surface area contributed by atoms with E-state index in [1.165, 1.54) is 0 Å². The molecule has 1 unspecified atom stereocenters. The van der Waals surface area contributed by atoms with Crippen molar-refractivity contribution in [3.63, 3.8) is 0 Å². The third-order valence-electron chi connectivity index (χ3n) is 2.18. The number of rotatable bonds is 2. The van der Waals surface area contributed by atoms with Crippen LogP contribution in [0.25, 0.3) is 0 Å². The Labute approximate surface area is 86.1 Å². The van der Waals surface area contributed by atoms with E-state index in [2.05, 4.69) is 0 Å².